The molecule has 2 rings (SSSR count). The molecular weight excluding hydrogens is 266 g/mol. The topological polar surface area (TPSA) is 37.8 Å². The van der Waals surface area contributed by atoms with Gasteiger partial charge in [-0.25, -0.2) is 9.97 Å². The normalized spacial score (nSPS) is 10.8. The quantitative estimate of drug-likeness (QED) is 0.648. The average molecular weight is 287 g/mol. The van der Waals surface area contributed by atoms with Crippen LogP contribution in [0, 0.1) is 13.8 Å². The molecule has 0 aliphatic carbocycles. The summed E-state index contributed by atoms with van der Waals surface area (Å²) in [6, 6.07) is 6.44. The second-order valence-corrected chi connectivity index (χ2v) is 5.93. The number of hydrogen-bond acceptors (Lipinski definition) is 4. The first-order valence-corrected chi connectivity index (χ1v) is 7.77. The van der Waals surface area contributed by atoms with E-state index in [1.807, 2.05) is 12.4 Å². The Morgan fingerprint density at radius 1 is 1.15 bits per heavy atom. The summed E-state index contributed by atoms with van der Waals surface area (Å²) in [5.41, 5.74) is 3.68. The van der Waals surface area contributed by atoms with Gasteiger partial charge in [0.1, 0.15) is 0 Å². The smallest absolute Gasteiger partial charge is 0.192 e. The molecule has 3 nitrogen and oxygen atoms in total. The monoisotopic (exact) mass is 287 g/mol. The van der Waals surface area contributed by atoms with E-state index in [1.54, 1.807) is 11.8 Å². The molecule has 0 saturated heterocycles. The molecule has 0 bridgehead atoms. The van der Waals surface area contributed by atoms with Crippen molar-refractivity contribution in [2.24, 2.45) is 0 Å². The predicted molar refractivity (Wildman–Crippen MR) is 84.1 cm³/mol. The maximum atomic E-state index is 4.43. The highest BCUT2D eigenvalue weighted by Crippen LogP contribution is 2.27. The Balaban J connectivity index is 1.99. The van der Waals surface area contributed by atoms with Crippen LogP contribution >= 0.6 is 11.8 Å². The lowest BCUT2D eigenvalue weighted by Crippen LogP contribution is -2.14. The Morgan fingerprint density at radius 2 is 1.90 bits per heavy atom. The lowest BCUT2D eigenvalue weighted by atomic mass is 10.2. The summed E-state index contributed by atoms with van der Waals surface area (Å²) in [4.78, 5) is 10.1. The minimum absolute atomic E-state index is 0.802. The van der Waals surface area contributed by atoms with Gasteiger partial charge in [0, 0.05) is 29.4 Å². The Kier molecular flexibility index (Phi) is 5.56. The highest BCUT2D eigenvalue weighted by atomic mass is 32.2. The van der Waals surface area contributed by atoms with Gasteiger partial charge in [0.05, 0.1) is 0 Å². The van der Waals surface area contributed by atoms with E-state index >= 15 is 0 Å². The van der Waals surface area contributed by atoms with E-state index in [0.29, 0.717) is 0 Å². The fraction of sp³-hybridized carbons (Fsp3) is 0.375. The van der Waals surface area contributed by atoms with Gasteiger partial charge in [0.15, 0.2) is 5.16 Å². The van der Waals surface area contributed by atoms with Gasteiger partial charge in [0.25, 0.3) is 0 Å². The zero-order valence-corrected chi connectivity index (χ0v) is 13.1. The van der Waals surface area contributed by atoms with Crippen LogP contribution in [-0.4, -0.2) is 16.5 Å². The highest BCUT2D eigenvalue weighted by molar-refractivity contribution is 7.99. The molecule has 2 aromatic rings. The number of benzene rings is 1. The predicted octanol–water partition coefficient (Wildman–Crippen LogP) is 3.74. The maximum absolute atomic E-state index is 4.43. The van der Waals surface area contributed by atoms with Crippen molar-refractivity contribution >= 4 is 11.8 Å². The Bertz CT molecular complexity index is 552. The van der Waals surface area contributed by atoms with E-state index < -0.39 is 0 Å². The molecule has 0 radical (unpaired) electrons. The van der Waals surface area contributed by atoms with Gasteiger partial charge < -0.3 is 5.32 Å². The second-order valence-electron chi connectivity index (χ2n) is 4.92. The molecule has 4 heteroatoms. The van der Waals surface area contributed by atoms with E-state index in [1.165, 1.54) is 16.0 Å². The van der Waals surface area contributed by atoms with Gasteiger partial charge >= 0.3 is 0 Å². The first kappa shape index (κ1) is 15.0. The molecule has 0 amide bonds. The minimum atomic E-state index is 0.802. The molecule has 0 saturated carbocycles. The Hall–Kier alpha value is -1.39. The first-order chi connectivity index (χ1) is 9.69. The van der Waals surface area contributed by atoms with Crippen molar-refractivity contribution in [1.82, 2.24) is 15.3 Å². The van der Waals surface area contributed by atoms with Crippen molar-refractivity contribution < 1.29 is 0 Å². The third-order valence-electron chi connectivity index (χ3n) is 2.97. The van der Waals surface area contributed by atoms with Crippen molar-refractivity contribution in [2.75, 3.05) is 6.54 Å². The average Bonchev–Trinajstić information content (AvgIpc) is 2.44. The third kappa shape index (κ3) is 4.32. The third-order valence-corrected chi connectivity index (χ3v) is 4.04. The fourth-order valence-electron chi connectivity index (χ4n) is 1.91. The highest BCUT2D eigenvalue weighted by Gasteiger charge is 2.04. The van der Waals surface area contributed by atoms with Crippen LogP contribution in [0.1, 0.15) is 30.0 Å². The van der Waals surface area contributed by atoms with E-state index in [0.717, 1.165) is 30.2 Å². The molecule has 0 spiro atoms. The molecule has 1 aromatic carbocycles. The Morgan fingerprint density at radius 3 is 2.55 bits per heavy atom. The molecule has 0 fully saturated rings. The van der Waals surface area contributed by atoms with Crippen LogP contribution in [0.25, 0.3) is 0 Å². The van der Waals surface area contributed by atoms with E-state index in [-0.39, 0.29) is 0 Å². The van der Waals surface area contributed by atoms with Crippen LogP contribution in [0.15, 0.2) is 40.6 Å². The first-order valence-electron chi connectivity index (χ1n) is 6.96. The minimum Gasteiger partial charge on any atom is -0.313 e. The van der Waals surface area contributed by atoms with Crippen LogP contribution in [0.3, 0.4) is 0 Å². The summed E-state index contributed by atoms with van der Waals surface area (Å²) >= 11 is 1.62. The number of hydrogen-bond donors (Lipinski definition) is 1. The van der Waals surface area contributed by atoms with Crippen LogP contribution in [0.2, 0.25) is 0 Å². The van der Waals surface area contributed by atoms with E-state index in [4.69, 9.17) is 0 Å². The van der Waals surface area contributed by atoms with E-state index in [9.17, 15) is 0 Å². The molecule has 0 unspecified atom stereocenters. The summed E-state index contributed by atoms with van der Waals surface area (Å²) in [6.45, 7) is 8.25. The molecule has 1 aromatic heterocycles. The zero-order chi connectivity index (χ0) is 14.4. The standard InChI is InChI=1S/C16H21N3S/c1-4-7-17-9-14-10-18-16(19-11-14)20-15-6-5-12(2)8-13(15)3/h5-6,8,10-11,17H,4,7,9H2,1-3H3. The van der Waals surface area contributed by atoms with Crippen LogP contribution in [0.5, 0.6) is 0 Å². The fourth-order valence-corrected chi connectivity index (χ4v) is 2.67. The number of nitrogens with one attached hydrogen (secondary N) is 1. The van der Waals surface area contributed by atoms with Gasteiger partial charge in [-0.3, -0.25) is 0 Å². The van der Waals surface area contributed by atoms with Gasteiger partial charge in [-0.15, -0.1) is 0 Å². The number of rotatable bonds is 6. The lowest BCUT2D eigenvalue weighted by Gasteiger charge is -2.06. The molecule has 1 N–H and O–H groups in total. The maximum Gasteiger partial charge on any atom is 0.192 e. The van der Waals surface area contributed by atoms with Crippen LogP contribution in [0.4, 0.5) is 0 Å². The molecule has 0 atom stereocenters. The summed E-state index contributed by atoms with van der Waals surface area (Å²) in [6.07, 6.45) is 4.95. The number of aryl methyl sites for hydroxylation is 2. The summed E-state index contributed by atoms with van der Waals surface area (Å²) in [5, 5.41) is 4.15. The SMILES string of the molecule is CCCNCc1cnc(Sc2ccc(C)cc2C)nc1. The van der Waals surface area contributed by atoms with Gasteiger partial charge in [-0.1, -0.05) is 24.6 Å². The summed E-state index contributed by atoms with van der Waals surface area (Å²) < 4.78 is 0. The lowest BCUT2D eigenvalue weighted by molar-refractivity contribution is 0.669. The largest absolute Gasteiger partial charge is 0.313 e. The summed E-state index contributed by atoms with van der Waals surface area (Å²) in [7, 11) is 0. The van der Waals surface area contributed by atoms with Crippen molar-refractivity contribution in [3.63, 3.8) is 0 Å². The van der Waals surface area contributed by atoms with Crippen LogP contribution < -0.4 is 5.32 Å². The molecule has 1 heterocycles. The second kappa shape index (κ2) is 7.41. The zero-order valence-electron chi connectivity index (χ0n) is 12.3. The number of aromatic nitrogens is 2. The molecular formula is C16H21N3S. The molecule has 106 valence electrons. The van der Waals surface area contributed by atoms with Crippen molar-refractivity contribution in [3.8, 4) is 0 Å². The Labute approximate surface area is 125 Å². The van der Waals surface area contributed by atoms with Crippen molar-refractivity contribution in [1.29, 1.82) is 0 Å². The molecule has 0 aliphatic heterocycles. The van der Waals surface area contributed by atoms with E-state index in [2.05, 4.69) is 54.3 Å². The van der Waals surface area contributed by atoms with Crippen LogP contribution in [-0.2, 0) is 6.54 Å². The summed E-state index contributed by atoms with van der Waals surface area (Å²) in [5.74, 6) is 0. The van der Waals surface area contributed by atoms with Crippen molar-refractivity contribution in [2.45, 2.75) is 43.8 Å². The van der Waals surface area contributed by atoms with Gasteiger partial charge in [-0.05, 0) is 50.2 Å². The molecule has 20 heavy (non-hydrogen) atoms. The van der Waals surface area contributed by atoms with Gasteiger partial charge in [0.2, 0.25) is 0 Å². The van der Waals surface area contributed by atoms with Gasteiger partial charge in [-0.2, -0.15) is 0 Å². The number of nitrogens with zero attached hydrogens (tertiary/aromatic N) is 2. The van der Waals surface area contributed by atoms with Crippen molar-refractivity contribution in [3.05, 3.63) is 47.3 Å². The molecule has 0 aliphatic rings.